The van der Waals surface area contributed by atoms with Gasteiger partial charge in [-0.2, -0.15) is 0 Å². The first-order valence-corrected chi connectivity index (χ1v) is 4.08. The van der Waals surface area contributed by atoms with Crippen LogP contribution in [-0.2, 0) is 33.6 Å². The molecule has 0 bridgehead atoms. The van der Waals surface area contributed by atoms with Gasteiger partial charge in [-0.05, 0) is 18.9 Å². The molecule has 0 fully saturated rings. The molecular formula is C8H19BCo2N. The van der Waals surface area contributed by atoms with E-state index < -0.39 is 0 Å². The smallest absolute Gasteiger partial charge is 0.214 e. The summed E-state index contributed by atoms with van der Waals surface area (Å²) in [6, 6.07) is 0. The summed E-state index contributed by atoms with van der Waals surface area (Å²) in [5.41, 5.74) is 0. The summed E-state index contributed by atoms with van der Waals surface area (Å²) in [5.74, 6) is 0. The maximum absolute atomic E-state index is 2.30. The molecule has 0 amide bonds. The Labute approximate surface area is 98.7 Å². The molecule has 77 valence electrons. The van der Waals surface area contributed by atoms with E-state index in [1.54, 1.807) is 0 Å². The molecule has 0 N–H and O–H groups in total. The van der Waals surface area contributed by atoms with Crippen molar-refractivity contribution in [3.8, 4) is 0 Å². The second-order valence-corrected chi connectivity index (χ2v) is 3.54. The number of hydrogen-bond acceptors (Lipinski definition) is 1. The second-order valence-electron chi connectivity index (χ2n) is 3.54. The van der Waals surface area contributed by atoms with Crippen molar-refractivity contribution < 1.29 is 33.6 Å². The third kappa shape index (κ3) is 9.13. The first-order chi connectivity index (χ1) is 4.52. The number of nitrogens with zero attached hydrogens (tertiary/aromatic N) is 1. The monoisotopic (exact) mass is 258 g/mol. The minimum atomic E-state index is 0. The second kappa shape index (κ2) is 8.63. The Kier molecular flexibility index (Phi) is 13.5. The van der Waals surface area contributed by atoms with E-state index in [2.05, 4.69) is 47.0 Å². The largest absolute Gasteiger partial charge is 0.349 e. The topological polar surface area (TPSA) is 3.24 Å². The van der Waals surface area contributed by atoms with Crippen LogP contribution in [0, 0.1) is 0 Å². The van der Waals surface area contributed by atoms with Gasteiger partial charge in [-0.3, -0.25) is 0 Å². The van der Waals surface area contributed by atoms with Gasteiger partial charge in [-0.25, -0.2) is 0 Å². The van der Waals surface area contributed by atoms with Crippen LogP contribution < -0.4 is 0 Å². The molecular weight excluding hydrogens is 239 g/mol. The maximum Gasteiger partial charge on any atom is 0.214 e. The van der Waals surface area contributed by atoms with Crippen LogP contribution in [0.4, 0.5) is 0 Å². The van der Waals surface area contributed by atoms with Gasteiger partial charge in [0.2, 0.25) is 7.41 Å². The molecule has 0 aliphatic heterocycles. The SMILES string of the molecule is CCN(C)[B]C(C)(C)CC.[Co].[Co]. The molecule has 0 saturated heterocycles. The summed E-state index contributed by atoms with van der Waals surface area (Å²) >= 11 is 0. The third-order valence-electron chi connectivity index (χ3n) is 1.98. The van der Waals surface area contributed by atoms with E-state index in [9.17, 15) is 0 Å². The molecule has 3 radical (unpaired) electrons. The fourth-order valence-electron chi connectivity index (χ4n) is 0.779. The molecule has 0 aliphatic carbocycles. The number of rotatable bonds is 4. The van der Waals surface area contributed by atoms with Gasteiger partial charge in [0.1, 0.15) is 0 Å². The minimum Gasteiger partial charge on any atom is -0.349 e. The Morgan fingerprint density at radius 2 is 1.58 bits per heavy atom. The summed E-state index contributed by atoms with van der Waals surface area (Å²) < 4.78 is 0. The van der Waals surface area contributed by atoms with Gasteiger partial charge in [0.15, 0.2) is 0 Å². The Morgan fingerprint density at radius 3 is 1.83 bits per heavy atom. The van der Waals surface area contributed by atoms with E-state index in [0.29, 0.717) is 5.31 Å². The molecule has 0 unspecified atom stereocenters. The molecule has 0 aromatic heterocycles. The van der Waals surface area contributed by atoms with Crippen molar-refractivity contribution >= 4 is 7.41 Å². The maximum atomic E-state index is 2.30. The van der Waals surface area contributed by atoms with Crippen molar-refractivity contribution in [3.05, 3.63) is 0 Å². The van der Waals surface area contributed by atoms with Crippen LogP contribution in [0.2, 0.25) is 5.31 Å². The zero-order valence-electron chi connectivity index (χ0n) is 8.61. The van der Waals surface area contributed by atoms with Crippen molar-refractivity contribution in [2.24, 2.45) is 0 Å². The van der Waals surface area contributed by atoms with Crippen molar-refractivity contribution in [3.63, 3.8) is 0 Å². The normalized spacial score (nSPS) is 10.2. The van der Waals surface area contributed by atoms with E-state index in [1.807, 2.05) is 0 Å². The zero-order valence-corrected chi connectivity index (χ0v) is 10.7. The van der Waals surface area contributed by atoms with Gasteiger partial charge in [-0.1, -0.05) is 34.1 Å². The summed E-state index contributed by atoms with van der Waals surface area (Å²) in [7, 11) is 4.42. The molecule has 0 heterocycles. The van der Waals surface area contributed by atoms with Gasteiger partial charge < -0.3 is 4.81 Å². The Hall–Kier alpha value is 1.04. The predicted octanol–water partition coefficient (Wildman–Crippen LogP) is 2.16. The average molecular weight is 258 g/mol. The Bertz CT molecular complexity index is 99.1. The van der Waals surface area contributed by atoms with Crippen LogP contribution in [0.25, 0.3) is 0 Å². The van der Waals surface area contributed by atoms with E-state index >= 15 is 0 Å². The molecule has 0 atom stereocenters. The first kappa shape index (κ1) is 18.8. The molecule has 1 nitrogen and oxygen atoms in total. The van der Waals surface area contributed by atoms with Crippen LogP contribution in [0.15, 0.2) is 0 Å². The molecule has 0 saturated carbocycles. The van der Waals surface area contributed by atoms with Crippen LogP contribution >= 0.6 is 0 Å². The van der Waals surface area contributed by atoms with Crippen LogP contribution in [0.1, 0.15) is 34.1 Å². The van der Waals surface area contributed by atoms with E-state index in [0.717, 1.165) is 6.54 Å². The molecule has 4 heteroatoms. The quantitative estimate of drug-likeness (QED) is 0.698. The van der Waals surface area contributed by atoms with E-state index in [1.165, 1.54) is 6.42 Å². The van der Waals surface area contributed by atoms with Gasteiger partial charge >= 0.3 is 0 Å². The van der Waals surface area contributed by atoms with Gasteiger partial charge in [0.25, 0.3) is 0 Å². The van der Waals surface area contributed by atoms with Gasteiger partial charge in [-0.15, -0.1) is 0 Å². The Morgan fingerprint density at radius 1 is 1.17 bits per heavy atom. The molecule has 0 aromatic carbocycles. The zero-order chi connectivity index (χ0) is 8.20. The van der Waals surface area contributed by atoms with Crippen molar-refractivity contribution in [2.45, 2.75) is 39.4 Å². The molecule has 0 aliphatic rings. The molecule has 0 rings (SSSR count). The minimum absolute atomic E-state index is 0. The van der Waals surface area contributed by atoms with E-state index in [-0.39, 0.29) is 33.6 Å². The predicted molar refractivity (Wildman–Crippen MR) is 48.4 cm³/mol. The summed E-state index contributed by atoms with van der Waals surface area (Å²) in [5, 5.41) is 0.366. The first-order valence-electron chi connectivity index (χ1n) is 4.08. The van der Waals surface area contributed by atoms with Crippen LogP contribution in [-0.4, -0.2) is 25.8 Å². The fraction of sp³-hybridized carbons (Fsp3) is 1.00. The summed E-state index contributed by atoms with van der Waals surface area (Å²) in [6.07, 6.45) is 1.21. The van der Waals surface area contributed by atoms with Crippen molar-refractivity contribution in [1.29, 1.82) is 0 Å². The van der Waals surface area contributed by atoms with Crippen LogP contribution in [0.5, 0.6) is 0 Å². The van der Waals surface area contributed by atoms with Gasteiger partial charge in [0, 0.05) is 33.6 Å². The van der Waals surface area contributed by atoms with E-state index in [4.69, 9.17) is 0 Å². The van der Waals surface area contributed by atoms with Crippen LogP contribution in [0.3, 0.4) is 0 Å². The third-order valence-corrected chi connectivity index (χ3v) is 1.98. The van der Waals surface area contributed by atoms with Crippen molar-refractivity contribution in [1.82, 2.24) is 4.81 Å². The Balaban J connectivity index is -0.000000405. The fourth-order valence-corrected chi connectivity index (χ4v) is 0.779. The number of hydrogen-bond donors (Lipinski definition) is 0. The standard InChI is InChI=1S/C8H19BN.2Co/c1-6-8(3,4)9-10(5)7-2;;/h6-7H2,1-5H3;;. The summed E-state index contributed by atoms with van der Waals surface area (Å²) in [6.45, 7) is 10.0. The van der Waals surface area contributed by atoms with Crippen molar-refractivity contribution in [2.75, 3.05) is 13.6 Å². The average Bonchev–Trinajstić information content (AvgIpc) is 1.87. The molecule has 0 spiro atoms. The molecule has 0 aromatic rings. The van der Waals surface area contributed by atoms with Gasteiger partial charge in [0.05, 0.1) is 0 Å². The molecule has 12 heavy (non-hydrogen) atoms. The summed E-state index contributed by atoms with van der Waals surface area (Å²) in [4.78, 5) is 2.24.